The van der Waals surface area contributed by atoms with Crippen molar-refractivity contribution in [3.05, 3.63) is 24.5 Å². The Morgan fingerprint density at radius 1 is 1.14 bits per heavy atom. The van der Waals surface area contributed by atoms with Gasteiger partial charge in [-0.25, -0.2) is 0 Å². The van der Waals surface area contributed by atoms with Gasteiger partial charge in [0.1, 0.15) is 0 Å². The summed E-state index contributed by atoms with van der Waals surface area (Å²) in [7, 11) is 1.10. The van der Waals surface area contributed by atoms with E-state index >= 15 is 0 Å². The lowest BCUT2D eigenvalue weighted by molar-refractivity contribution is 0.519. The maximum absolute atomic E-state index is 11.7. The zero-order valence-corrected chi connectivity index (χ0v) is 9.19. The number of hydrogen-bond donors (Lipinski definition) is 0. The highest BCUT2D eigenvalue weighted by atomic mass is 32.2. The Morgan fingerprint density at radius 3 is 2.07 bits per heavy atom. The molecule has 0 aromatic carbocycles. The molecule has 0 fully saturated rings. The molecule has 14 heavy (non-hydrogen) atoms. The molecule has 0 aliphatic heterocycles. The second kappa shape index (κ2) is 3.93. The molecule has 1 aromatic rings. The van der Waals surface area contributed by atoms with Crippen molar-refractivity contribution >= 4 is 15.9 Å². The van der Waals surface area contributed by atoms with E-state index in [1.807, 2.05) is 0 Å². The van der Waals surface area contributed by atoms with Gasteiger partial charge < -0.3 is 0 Å². The Balaban J connectivity index is 3.03. The Bertz CT molecular complexity index is 388. The highest BCUT2D eigenvalue weighted by Gasteiger charge is 2.20. The minimum Gasteiger partial charge on any atom is -0.265 e. The molecule has 0 saturated heterocycles. The summed E-state index contributed by atoms with van der Waals surface area (Å²) in [6.45, 7) is 0. The van der Waals surface area contributed by atoms with Crippen LogP contribution in [-0.2, 0) is 10.2 Å². The van der Waals surface area contributed by atoms with E-state index in [-0.39, 0.29) is 0 Å². The van der Waals surface area contributed by atoms with E-state index in [1.54, 1.807) is 24.5 Å². The predicted octanol–water partition coefficient (Wildman–Crippen LogP) is 0.324. The van der Waals surface area contributed by atoms with Crippen LogP contribution in [0.15, 0.2) is 24.5 Å². The Hall–Kier alpha value is -1.14. The summed E-state index contributed by atoms with van der Waals surface area (Å²) >= 11 is 0. The lowest BCUT2D eigenvalue weighted by atomic mass is 10.4. The first-order valence-corrected chi connectivity index (χ1v) is 5.42. The molecule has 1 rings (SSSR count). The van der Waals surface area contributed by atoms with Gasteiger partial charge in [0.2, 0.25) is 0 Å². The van der Waals surface area contributed by atoms with Crippen LogP contribution < -0.4 is 4.31 Å². The van der Waals surface area contributed by atoms with Crippen LogP contribution in [-0.4, -0.2) is 38.9 Å². The molecule has 0 aliphatic rings. The molecule has 1 aromatic heterocycles. The van der Waals surface area contributed by atoms with E-state index in [1.165, 1.54) is 25.4 Å². The third kappa shape index (κ3) is 2.02. The van der Waals surface area contributed by atoms with E-state index in [0.717, 1.165) is 4.31 Å². The quantitative estimate of drug-likeness (QED) is 0.730. The van der Waals surface area contributed by atoms with Crippen molar-refractivity contribution in [1.29, 1.82) is 0 Å². The number of anilines is 1. The van der Waals surface area contributed by atoms with Crippen molar-refractivity contribution in [2.75, 3.05) is 25.4 Å². The van der Waals surface area contributed by atoms with Gasteiger partial charge in [-0.05, 0) is 12.1 Å². The van der Waals surface area contributed by atoms with Crippen molar-refractivity contribution < 1.29 is 8.42 Å². The van der Waals surface area contributed by atoms with Crippen LogP contribution in [0.2, 0.25) is 0 Å². The average Bonchev–Trinajstić information content (AvgIpc) is 2.17. The molecule has 6 heteroatoms. The maximum Gasteiger partial charge on any atom is 0.303 e. The fourth-order valence-corrected chi connectivity index (χ4v) is 1.81. The first-order chi connectivity index (χ1) is 6.46. The fourth-order valence-electron chi connectivity index (χ4n) is 0.932. The van der Waals surface area contributed by atoms with Crippen molar-refractivity contribution in [2.45, 2.75) is 0 Å². The van der Waals surface area contributed by atoms with Gasteiger partial charge >= 0.3 is 10.2 Å². The number of nitrogens with zero attached hydrogens (tertiary/aromatic N) is 3. The summed E-state index contributed by atoms with van der Waals surface area (Å²) in [5.74, 6) is 0. The molecular weight excluding hydrogens is 202 g/mol. The largest absolute Gasteiger partial charge is 0.303 e. The summed E-state index contributed by atoms with van der Waals surface area (Å²) < 4.78 is 25.7. The van der Waals surface area contributed by atoms with Crippen molar-refractivity contribution in [2.24, 2.45) is 0 Å². The maximum atomic E-state index is 11.7. The first kappa shape index (κ1) is 10.9. The molecule has 0 spiro atoms. The van der Waals surface area contributed by atoms with Crippen LogP contribution in [0, 0.1) is 0 Å². The SMILES string of the molecule is CN(C)S(=O)(=O)N(C)c1ccncc1. The van der Waals surface area contributed by atoms with Crippen LogP contribution in [0.25, 0.3) is 0 Å². The molecule has 1 heterocycles. The summed E-state index contributed by atoms with van der Waals surface area (Å²) in [6, 6.07) is 3.28. The molecule has 0 atom stereocenters. The summed E-state index contributed by atoms with van der Waals surface area (Å²) in [5, 5.41) is 0. The number of pyridine rings is 1. The highest BCUT2D eigenvalue weighted by molar-refractivity contribution is 7.90. The zero-order chi connectivity index (χ0) is 10.8. The second-order valence-corrected chi connectivity index (χ2v) is 5.14. The van der Waals surface area contributed by atoms with Gasteiger partial charge in [0.05, 0.1) is 5.69 Å². The minimum absolute atomic E-state index is 0.591. The molecule has 0 bridgehead atoms. The Morgan fingerprint density at radius 2 is 1.64 bits per heavy atom. The molecule has 0 amide bonds. The molecule has 0 unspecified atom stereocenters. The first-order valence-electron chi connectivity index (χ1n) is 4.02. The zero-order valence-electron chi connectivity index (χ0n) is 8.38. The van der Waals surface area contributed by atoms with Gasteiger partial charge in [-0.1, -0.05) is 0 Å². The fraction of sp³-hybridized carbons (Fsp3) is 0.375. The van der Waals surface area contributed by atoms with E-state index in [9.17, 15) is 8.42 Å². The lowest BCUT2D eigenvalue weighted by Crippen LogP contribution is -2.37. The van der Waals surface area contributed by atoms with E-state index < -0.39 is 10.2 Å². The number of rotatable bonds is 3. The van der Waals surface area contributed by atoms with Crippen LogP contribution in [0.1, 0.15) is 0 Å². The third-order valence-electron chi connectivity index (χ3n) is 1.83. The highest BCUT2D eigenvalue weighted by Crippen LogP contribution is 2.14. The molecule has 0 N–H and O–H groups in total. The normalized spacial score (nSPS) is 11.7. The Kier molecular flexibility index (Phi) is 3.07. The van der Waals surface area contributed by atoms with Gasteiger partial charge in [-0.2, -0.15) is 12.7 Å². The van der Waals surface area contributed by atoms with E-state index in [4.69, 9.17) is 0 Å². The van der Waals surface area contributed by atoms with Gasteiger partial charge in [0, 0.05) is 33.5 Å². The van der Waals surface area contributed by atoms with E-state index in [2.05, 4.69) is 4.98 Å². The van der Waals surface area contributed by atoms with Crippen molar-refractivity contribution in [1.82, 2.24) is 9.29 Å². The standard InChI is InChI=1S/C8H13N3O2S/c1-10(2)14(12,13)11(3)8-4-6-9-7-5-8/h4-7H,1-3H3. The third-order valence-corrected chi connectivity index (χ3v) is 3.66. The molecule has 0 saturated carbocycles. The van der Waals surface area contributed by atoms with Crippen LogP contribution in [0.5, 0.6) is 0 Å². The minimum atomic E-state index is -3.39. The van der Waals surface area contributed by atoms with Crippen LogP contribution in [0.3, 0.4) is 0 Å². The molecular formula is C8H13N3O2S. The number of hydrogen-bond acceptors (Lipinski definition) is 3. The monoisotopic (exact) mass is 215 g/mol. The average molecular weight is 215 g/mol. The molecule has 0 radical (unpaired) electrons. The van der Waals surface area contributed by atoms with Gasteiger partial charge in [0.25, 0.3) is 0 Å². The van der Waals surface area contributed by atoms with E-state index in [0.29, 0.717) is 5.69 Å². The second-order valence-electron chi connectivity index (χ2n) is 2.96. The summed E-state index contributed by atoms with van der Waals surface area (Å²) in [4.78, 5) is 3.82. The van der Waals surface area contributed by atoms with Crippen LogP contribution in [0.4, 0.5) is 5.69 Å². The smallest absolute Gasteiger partial charge is 0.265 e. The Labute approximate surface area is 84.2 Å². The molecule has 0 aliphatic carbocycles. The lowest BCUT2D eigenvalue weighted by Gasteiger charge is -2.22. The van der Waals surface area contributed by atoms with Gasteiger partial charge in [0.15, 0.2) is 0 Å². The van der Waals surface area contributed by atoms with Gasteiger partial charge in [-0.15, -0.1) is 0 Å². The summed E-state index contributed by atoms with van der Waals surface area (Å²) in [5.41, 5.74) is 0.591. The molecule has 5 nitrogen and oxygen atoms in total. The molecule has 78 valence electrons. The van der Waals surface area contributed by atoms with Crippen molar-refractivity contribution in [3.63, 3.8) is 0 Å². The number of aromatic nitrogens is 1. The predicted molar refractivity (Wildman–Crippen MR) is 55.2 cm³/mol. The van der Waals surface area contributed by atoms with Crippen LogP contribution >= 0.6 is 0 Å². The van der Waals surface area contributed by atoms with Gasteiger partial charge in [-0.3, -0.25) is 9.29 Å². The van der Waals surface area contributed by atoms with Crippen molar-refractivity contribution in [3.8, 4) is 0 Å². The topological polar surface area (TPSA) is 53.5 Å². The summed E-state index contributed by atoms with van der Waals surface area (Å²) in [6.07, 6.45) is 3.11.